The summed E-state index contributed by atoms with van der Waals surface area (Å²) >= 11 is 0. The van der Waals surface area contributed by atoms with E-state index < -0.39 is 0 Å². The first-order valence-electron chi connectivity index (χ1n) is 9.69. The van der Waals surface area contributed by atoms with Crippen molar-refractivity contribution in [2.75, 3.05) is 13.7 Å². The Morgan fingerprint density at radius 3 is 2.44 bits per heavy atom. The van der Waals surface area contributed by atoms with Crippen LogP contribution in [0.2, 0.25) is 0 Å². The minimum absolute atomic E-state index is 0.235. The van der Waals surface area contributed by atoms with Crippen LogP contribution in [-0.4, -0.2) is 24.5 Å². The molecule has 0 bridgehead atoms. The molecule has 0 heterocycles. The predicted octanol–water partition coefficient (Wildman–Crippen LogP) is 4.67. The first-order valence-corrected chi connectivity index (χ1v) is 9.69. The van der Waals surface area contributed by atoms with E-state index in [1.165, 1.54) is 0 Å². The lowest BCUT2D eigenvalue weighted by atomic mass is 10.1. The van der Waals surface area contributed by atoms with Crippen LogP contribution in [0.15, 0.2) is 48.5 Å². The molecule has 0 unspecified atom stereocenters. The Morgan fingerprint density at radius 1 is 1.07 bits per heavy atom. The van der Waals surface area contributed by atoms with E-state index in [1.54, 1.807) is 7.11 Å². The summed E-state index contributed by atoms with van der Waals surface area (Å²) in [7, 11) is 1.65. The lowest BCUT2D eigenvalue weighted by molar-refractivity contribution is -0.133. The first kappa shape index (κ1) is 19.3. The molecule has 27 heavy (non-hydrogen) atoms. The van der Waals surface area contributed by atoms with Gasteiger partial charge in [-0.25, -0.2) is 0 Å². The van der Waals surface area contributed by atoms with Crippen LogP contribution >= 0.6 is 0 Å². The zero-order valence-electron chi connectivity index (χ0n) is 16.5. The van der Waals surface area contributed by atoms with Crippen molar-refractivity contribution in [3.05, 3.63) is 59.7 Å². The maximum absolute atomic E-state index is 12.6. The molecule has 1 aliphatic rings. The highest BCUT2D eigenvalue weighted by Gasteiger charge is 2.33. The van der Waals surface area contributed by atoms with E-state index in [0.29, 0.717) is 30.6 Å². The van der Waals surface area contributed by atoms with Crippen LogP contribution < -0.4 is 9.47 Å². The fraction of sp³-hybridized carbons (Fsp3) is 0.435. The second-order valence-electron chi connectivity index (χ2n) is 7.65. The van der Waals surface area contributed by atoms with Gasteiger partial charge in [-0.1, -0.05) is 50.2 Å². The molecule has 2 aromatic rings. The topological polar surface area (TPSA) is 38.8 Å². The Labute approximate surface area is 162 Å². The summed E-state index contributed by atoms with van der Waals surface area (Å²) in [4.78, 5) is 14.6. The van der Waals surface area contributed by atoms with E-state index in [0.717, 1.165) is 30.5 Å². The number of rotatable bonds is 9. The Kier molecular flexibility index (Phi) is 6.38. The molecule has 0 atom stereocenters. The summed E-state index contributed by atoms with van der Waals surface area (Å²) in [5, 5.41) is 0. The van der Waals surface area contributed by atoms with Gasteiger partial charge in [-0.3, -0.25) is 4.79 Å². The van der Waals surface area contributed by atoms with Gasteiger partial charge in [0.05, 0.1) is 7.11 Å². The van der Waals surface area contributed by atoms with Gasteiger partial charge in [0.2, 0.25) is 5.91 Å². The normalized spacial score (nSPS) is 13.5. The van der Waals surface area contributed by atoms with Crippen LogP contribution in [0.1, 0.15) is 37.8 Å². The predicted molar refractivity (Wildman–Crippen MR) is 107 cm³/mol. The van der Waals surface area contributed by atoms with E-state index in [-0.39, 0.29) is 11.8 Å². The Balaban J connectivity index is 1.69. The number of ether oxygens (including phenoxy) is 2. The number of benzene rings is 2. The molecule has 3 rings (SSSR count). The van der Waals surface area contributed by atoms with Crippen molar-refractivity contribution < 1.29 is 14.3 Å². The standard InChI is InChI=1S/C23H29NO3/c1-17(2)14-24(23(25)20-10-11-20)15-19-9-12-21(22(13-19)26-3)27-16-18-7-5-4-6-8-18/h4-9,12-13,17,20H,10-11,14-16H2,1-3H3. The number of hydrogen-bond acceptors (Lipinski definition) is 3. The molecule has 0 radical (unpaired) electrons. The average Bonchev–Trinajstić information content (AvgIpc) is 3.51. The largest absolute Gasteiger partial charge is 0.493 e. The summed E-state index contributed by atoms with van der Waals surface area (Å²) < 4.78 is 11.5. The second kappa shape index (κ2) is 8.94. The molecular formula is C23H29NO3. The number of methoxy groups -OCH3 is 1. The third-order valence-electron chi connectivity index (χ3n) is 4.66. The van der Waals surface area contributed by atoms with Gasteiger partial charge in [0.25, 0.3) is 0 Å². The van der Waals surface area contributed by atoms with Crippen LogP contribution in [0.5, 0.6) is 11.5 Å². The Bertz CT molecular complexity index is 753. The molecule has 0 saturated heterocycles. The van der Waals surface area contributed by atoms with Crippen LogP contribution in [0.25, 0.3) is 0 Å². The van der Waals surface area contributed by atoms with Gasteiger partial charge in [-0.15, -0.1) is 0 Å². The molecular weight excluding hydrogens is 338 g/mol. The molecule has 144 valence electrons. The molecule has 4 heteroatoms. The summed E-state index contributed by atoms with van der Waals surface area (Å²) in [6.45, 7) is 6.19. The van der Waals surface area contributed by atoms with E-state index in [1.807, 2.05) is 53.4 Å². The summed E-state index contributed by atoms with van der Waals surface area (Å²) in [6.07, 6.45) is 2.06. The highest BCUT2D eigenvalue weighted by molar-refractivity contribution is 5.81. The van der Waals surface area contributed by atoms with Crippen molar-refractivity contribution >= 4 is 5.91 Å². The van der Waals surface area contributed by atoms with Gasteiger partial charge in [-0.05, 0) is 42.0 Å². The average molecular weight is 367 g/mol. The molecule has 2 aromatic carbocycles. The minimum Gasteiger partial charge on any atom is -0.493 e. The summed E-state index contributed by atoms with van der Waals surface area (Å²) in [5.41, 5.74) is 2.18. The van der Waals surface area contributed by atoms with Crippen LogP contribution in [0.3, 0.4) is 0 Å². The van der Waals surface area contributed by atoms with E-state index in [9.17, 15) is 4.79 Å². The van der Waals surface area contributed by atoms with Crippen molar-refractivity contribution in [1.29, 1.82) is 0 Å². The van der Waals surface area contributed by atoms with Gasteiger partial charge < -0.3 is 14.4 Å². The van der Waals surface area contributed by atoms with Crippen molar-refractivity contribution in [1.82, 2.24) is 4.90 Å². The van der Waals surface area contributed by atoms with Gasteiger partial charge in [0.15, 0.2) is 11.5 Å². The maximum Gasteiger partial charge on any atom is 0.225 e. The number of amides is 1. The van der Waals surface area contributed by atoms with Crippen molar-refractivity contribution in [2.24, 2.45) is 11.8 Å². The summed E-state index contributed by atoms with van der Waals surface area (Å²) in [5.74, 6) is 2.38. The number of hydrogen-bond donors (Lipinski definition) is 0. The molecule has 0 aromatic heterocycles. The molecule has 0 N–H and O–H groups in total. The number of carbonyl (C=O) groups excluding carboxylic acids is 1. The number of nitrogens with zero attached hydrogens (tertiary/aromatic N) is 1. The molecule has 1 amide bonds. The fourth-order valence-electron chi connectivity index (χ4n) is 3.15. The lowest BCUT2D eigenvalue weighted by Crippen LogP contribution is -2.34. The third-order valence-corrected chi connectivity index (χ3v) is 4.66. The zero-order valence-corrected chi connectivity index (χ0v) is 16.5. The monoisotopic (exact) mass is 367 g/mol. The van der Waals surface area contributed by atoms with Crippen molar-refractivity contribution in [3.8, 4) is 11.5 Å². The molecule has 1 saturated carbocycles. The third kappa shape index (κ3) is 5.49. The Morgan fingerprint density at radius 2 is 1.81 bits per heavy atom. The van der Waals surface area contributed by atoms with E-state index >= 15 is 0 Å². The van der Waals surface area contributed by atoms with Crippen LogP contribution in [-0.2, 0) is 17.9 Å². The molecule has 4 nitrogen and oxygen atoms in total. The molecule has 1 aliphatic carbocycles. The second-order valence-corrected chi connectivity index (χ2v) is 7.65. The van der Waals surface area contributed by atoms with Crippen molar-refractivity contribution in [3.63, 3.8) is 0 Å². The fourth-order valence-corrected chi connectivity index (χ4v) is 3.15. The zero-order chi connectivity index (χ0) is 19.2. The SMILES string of the molecule is COc1cc(CN(CC(C)C)C(=O)C2CC2)ccc1OCc1ccccc1. The highest BCUT2D eigenvalue weighted by Crippen LogP contribution is 2.33. The molecule has 0 spiro atoms. The van der Waals surface area contributed by atoms with Crippen molar-refractivity contribution in [2.45, 2.75) is 39.8 Å². The molecule has 1 fully saturated rings. The van der Waals surface area contributed by atoms with Gasteiger partial charge in [0, 0.05) is 19.0 Å². The summed E-state index contributed by atoms with van der Waals surface area (Å²) in [6, 6.07) is 16.0. The smallest absolute Gasteiger partial charge is 0.225 e. The van der Waals surface area contributed by atoms with Gasteiger partial charge >= 0.3 is 0 Å². The Hall–Kier alpha value is -2.49. The van der Waals surface area contributed by atoms with Crippen LogP contribution in [0, 0.1) is 11.8 Å². The van der Waals surface area contributed by atoms with Gasteiger partial charge in [-0.2, -0.15) is 0 Å². The van der Waals surface area contributed by atoms with Crippen LogP contribution in [0.4, 0.5) is 0 Å². The number of carbonyl (C=O) groups is 1. The molecule has 0 aliphatic heterocycles. The maximum atomic E-state index is 12.6. The first-order chi connectivity index (χ1) is 13.1. The minimum atomic E-state index is 0.235. The van der Waals surface area contributed by atoms with E-state index in [4.69, 9.17) is 9.47 Å². The van der Waals surface area contributed by atoms with E-state index in [2.05, 4.69) is 13.8 Å². The van der Waals surface area contributed by atoms with Gasteiger partial charge in [0.1, 0.15) is 6.61 Å². The highest BCUT2D eigenvalue weighted by atomic mass is 16.5. The quantitative estimate of drug-likeness (QED) is 0.646. The lowest BCUT2D eigenvalue weighted by Gasteiger charge is -2.25.